The van der Waals surface area contributed by atoms with Gasteiger partial charge in [0.15, 0.2) is 0 Å². The van der Waals surface area contributed by atoms with Crippen molar-refractivity contribution in [3.05, 3.63) is 81.2 Å². The summed E-state index contributed by atoms with van der Waals surface area (Å²) < 4.78 is 5.42. The van der Waals surface area contributed by atoms with Gasteiger partial charge < -0.3 is 9.32 Å². The van der Waals surface area contributed by atoms with Crippen LogP contribution in [-0.4, -0.2) is 41.9 Å². The highest BCUT2D eigenvalue weighted by Gasteiger charge is 2.22. The summed E-state index contributed by atoms with van der Waals surface area (Å²) in [5.41, 5.74) is 4.75. The fourth-order valence-electron chi connectivity index (χ4n) is 4.01. The first-order valence-corrected chi connectivity index (χ1v) is 10.6. The average Bonchev–Trinajstić information content (AvgIpc) is 2.75. The molecule has 156 valence electrons. The Morgan fingerprint density at radius 2 is 1.67 bits per heavy atom. The Kier molecular flexibility index (Phi) is 6.00. The van der Waals surface area contributed by atoms with Gasteiger partial charge in [0.25, 0.3) is 0 Å². The largest absolute Gasteiger partial charge is 0.423 e. The molecule has 0 saturated carbocycles. The highest BCUT2D eigenvalue weighted by molar-refractivity contribution is 5.81. The maximum atomic E-state index is 12.7. The van der Waals surface area contributed by atoms with Crippen molar-refractivity contribution >= 4 is 16.9 Å². The second-order valence-electron chi connectivity index (χ2n) is 8.09. The molecule has 2 aromatic carbocycles. The number of carbonyl (C=O) groups excluding carboxylic acids is 1. The summed E-state index contributed by atoms with van der Waals surface area (Å²) in [4.78, 5) is 28.9. The van der Waals surface area contributed by atoms with Crippen LogP contribution >= 0.6 is 0 Å². The number of fused-ring (bicyclic) bond motifs is 1. The van der Waals surface area contributed by atoms with Crippen LogP contribution in [0.15, 0.2) is 57.7 Å². The number of benzene rings is 2. The first kappa shape index (κ1) is 20.4. The van der Waals surface area contributed by atoms with Crippen molar-refractivity contribution < 1.29 is 9.21 Å². The molecule has 0 bridgehead atoms. The molecule has 1 aliphatic rings. The first-order chi connectivity index (χ1) is 14.5. The summed E-state index contributed by atoms with van der Waals surface area (Å²) in [5, 5.41) is 0.990. The van der Waals surface area contributed by atoms with Crippen LogP contribution < -0.4 is 5.63 Å². The number of amides is 1. The molecule has 1 saturated heterocycles. The van der Waals surface area contributed by atoms with Crippen LogP contribution in [0.5, 0.6) is 0 Å². The molecule has 4 rings (SSSR count). The molecular formula is C25H28N2O3. The maximum absolute atomic E-state index is 12.7. The minimum absolute atomic E-state index is 0.177. The van der Waals surface area contributed by atoms with Gasteiger partial charge in [-0.15, -0.1) is 0 Å². The Hall–Kier alpha value is -2.92. The lowest BCUT2D eigenvalue weighted by atomic mass is 10.1. The van der Waals surface area contributed by atoms with Crippen LogP contribution in [0.25, 0.3) is 11.0 Å². The second-order valence-corrected chi connectivity index (χ2v) is 8.09. The zero-order valence-electron chi connectivity index (χ0n) is 17.7. The molecule has 0 aliphatic carbocycles. The van der Waals surface area contributed by atoms with Crippen molar-refractivity contribution in [1.29, 1.82) is 0 Å². The molecule has 1 amide bonds. The summed E-state index contributed by atoms with van der Waals surface area (Å²) in [7, 11) is 0. The Morgan fingerprint density at radius 3 is 2.37 bits per heavy atom. The number of hydrogen-bond donors (Lipinski definition) is 0. The fraction of sp³-hybridized carbons (Fsp3) is 0.360. The van der Waals surface area contributed by atoms with Crippen LogP contribution in [-0.2, 0) is 24.2 Å². The fourth-order valence-corrected chi connectivity index (χ4v) is 4.01. The van der Waals surface area contributed by atoms with Gasteiger partial charge in [-0.3, -0.25) is 9.69 Å². The van der Waals surface area contributed by atoms with E-state index in [1.807, 2.05) is 48.2 Å². The third kappa shape index (κ3) is 4.62. The smallest absolute Gasteiger partial charge is 0.336 e. The number of piperazine rings is 1. The number of nitrogens with zero attached hydrogens (tertiary/aromatic N) is 2. The van der Waals surface area contributed by atoms with Crippen LogP contribution in [0.4, 0.5) is 0 Å². The average molecular weight is 405 g/mol. The first-order valence-electron chi connectivity index (χ1n) is 10.6. The molecule has 3 aromatic rings. The number of aryl methyl sites for hydroxylation is 2. The summed E-state index contributed by atoms with van der Waals surface area (Å²) in [6, 6.07) is 15.8. The van der Waals surface area contributed by atoms with E-state index in [1.165, 1.54) is 5.56 Å². The lowest BCUT2D eigenvalue weighted by molar-refractivity contribution is -0.132. The van der Waals surface area contributed by atoms with E-state index in [2.05, 4.69) is 17.9 Å². The van der Waals surface area contributed by atoms with E-state index in [1.54, 1.807) is 6.07 Å². The molecule has 1 fully saturated rings. The maximum Gasteiger partial charge on any atom is 0.336 e. The molecule has 1 aromatic heterocycles. The molecule has 0 unspecified atom stereocenters. The molecule has 30 heavy (non-hydrogen) atoms. The third-order valence-corrected chi connectivity index (χ3v) is 5.90. The Morgan fingerprint density at radius 1 is 0.967 bits per heavy atom. The summed E-state index contributed by atoms with van der Waals surface area (Å²) in [5.74, 6) is 0.177. The third-order valence-electron chi connectivity index (χ3n) is 5.90. The van der Waals surface area contributed by atoms with Gasteiger partial charge >= 0.3 is 5.63 Å². The number of hydrogen-bond acceptors (Lipinski definition) is 4. The highest BCUT2D eigenvalue weighted by atomic mass is 16.4. The van der Waals surface area contributed by atoms with Crippen molar-refractivity contribution in [1.82, 2.24) is 9.80 Å². The molecule has 0 atom stereocenters. The van der Waals surface area contributed by atoms with Gasteiger partial charge in [0.2, 0.25) is 5.91 Å². The van der Waals surface area contributed by atoms with Gasteiger partial charge in [0.05, 0.1) is 6.42 Å². The molecule has 5 heteroatoms. The zero-order chi connectivity index (χ0) is 21.1. The quantitative estimate of drug-likeness (QED) is 0.611. The normalized spacial score (nSPS) is 14.9. The van der Waals surface area contributed by atoms with Crippen LogP contribution in [0, 0.1) is 6.92 Å². The molecule has 0 N–H and O–H groups in total. The minimum Gasteiger partial charge on any atom is -0.423 e. The van der Waals surface area contributed by atoms with Gasteiger partial charge in [0.1, 0.15) is 5.58 Å². The molecule has 1 aliphatic heterocycles. The Labute approximate surface area is 176 Å². The standard InChI is InChI=1S/C25H28N2O3/c1-3-19-8-9-22-21(16-25(29)30-23(22)14-19)17-26-10-12-27(13-11-26)24(28)15-20-6-4-18(2)5-7-20/h4-9,14,16H,3,10-13,15,17H2,1-2H3. The van der Waals surface area contributed by atoms with Crippen LogP contribution in [0.2, 0.25) is 0 Å². The lowest BCUT2D eigenvalue weighted by Gasteiger charge is -2.35. The summed E-state index contributed by atoms with van der Waals surface area (Å²) in [6.07, 6.45) is 1.35. The van der Waals surface area contributed by atoms with Gasteiger partial charge in [-0.05, 0) is 36.1 Å². The van der Waals surface area contributed by atoms with E-state index >= 15 is 0 Å². The van der Waals surface area contributed by atoms with Crippen LogP contribution in [0.3, 0.4) is 0 Å². The predicted octanol–water partition coefficient (Wildman–Crippen LogP) is 3.55. The van der Waals surface area contributed by atoms with E-state index in [-0.39, 0.29) is 11.5 Å². The predicted molar refractivity (Wildman–Crippen MR) is 119 cm³/mol. The topological polar surface area (TPSA) is 53.8 Å². The van der Waals surface area contributed by atoms with Crippen molar-refractivity contribution in [2.75, 3.05) is 26.2 Å². The molecule has 0 radical (unpaired) electrons. The van der Waals surface area contributed by atoms with Gasteiger partial charge in [0, 0.05) is 44.2 Å². The van der Waals surface area contributed by atoms with Crippen molar-refractivity contribution in [3.63, 3.8) is 0 Å². The molecule has 5 nitrogen and oxygen atoms in total. The van der Waals surface area contributed by atoms with Gasteiger partial charge in [-0.25, -0.2) is 4.79 Å². The minimum atomic E-state index is -0.308. The Balaban J connectivity index is 1.39. The van der Waals surface area contributed by atoms with E-state index in [0.717, 1.165) is 41.6 Å². The number of carbonyl (C=O) groups is 1. The molecule has 2 heterocycles. The summed E-state index contributed by atoms with van der Waals surface area (Å²) >= 11 is 0. The van der Waals surface area contributed by atoms with E-state index in [9.17, 15) is 9.59 Å². The number of rotatable bonds is 5. The van der Waals surface area contributed by atoms with Crippen molar-refractivity contribution in [2.24, 2.45) is 0 Å². The molecule has 0 spiro atoms. The monoisotopic (exact) mass is 404 g/mol. The van der Waals surface area contributed by atoms with Crippen molar-refractivity contribution in [2.45, 2.75) is 33.2 Å². The lowest BCUT2D eigenvalue weighted by Crippen LogP contribution is -2.48. The highest BCUT2D eigenvalue weighted by Crippen LogP contribution is 2.21. The van der Waals surface area contributed by atoms with E-state index < -0.39 is 0 Å². The molecular weight excluding hydrogens is 376 g/mol. The second kappa shape index (κ2) is 8.84. The SMILES string of the molecule is CCc1ccc2c(CN3CCN(C(=O)Cc4ccc(C)cc4)CC3)cc(=O)oc2c1. The summed E-state index contributed by atoms with van der Waals surface area (Å²) in [6.45, 7) is 7.85. The van der Waals surface area contributed by atoms with E-state index in [4.69, 9.17) is 4.42 Å². The zero-order valence-corrected chi connectivity index (χ0v) is 17.7. The van der Waals surface area contributed by atoms with Gasteiger partial charge in [-0.1, -0.05) is 48.9 Å². The van der Waals surface area contributed by atoms with Crippen molar-refractivity contribution in [3.8, 4) is 0 Å². The van der Waals surface area contributed by atoms with Crippen LogP contribution in [0.1, 0.15) is 29.2 Å². The van der Waals surface area contributed by atoms with E-state index in [0.29, 0.717) is 31.6 Å². The Bertz CT molecular complexity index is 1090. The van der Waals surface area contributed by atoms with Gasteiger partial charge in [-0.2, -0.15) is 0 Å².